The van der Waals surface area contributed by atoms with E-state index >= 15 is 0 Å². The van der Waals surface area contributed by atoms with Crippen molar-refractivity contribution in [1.82, 2.24) is 4.90 Å². The summed E-state index contributed by atoms with van der Waals surface area (Å²) in [6, 6.07) is 0. The molecule has 1 fully saturated rings. The van der Waals surface area contributed by atoms with E-state index in [2.05, 4.69) is 6.58 Å². The van der Waals surface area contributed by atoms with Crippen molar-refractivity contribution in [2.24, 2.45) is 0 Å². The molecule has 12 heavy (non-hydrogen) atoms. The number of hydrogen-bond acceptors (Lipinski definition) is 3. The molecule has 1 saturated heterocycles. The number of hydrogen-bond donors (Lipinski definition) is 1. The van der Waals surface area contributed by atoms with Crippen molar-refractivity contribution in [1.29, 1.82) is 0 Å². The van der Waals surface area contributed by atoms with Gasteiger partial charge in [0.15, 0.2) is 0 Å². The molecule has 1 N–H and O–H groups in total. The minimum Gasteiger partial charge on any atom is -0.373 e. The van der Waals surface area contributed by atoms with Gasteiger partial charge in [-0.3, -0.25) is 14.5 Å². The van der Waals surface area contributed by atoms with E-state index in [9.17, 15) is 14.7 Å². The molecule has 1 rings (SSSR count). The van der Waals surface area contributed by atoms with Crippen LogP contribution in [0.15, 0.2) is 12.2 Å². The zero-order valence-electron chi connectivity index (χ0n) is 6.91. The first-order valence-corrected chi connectivity index (χ1v) is 3.74. The standard InChI is InChI=1S/C8H11NO3/c1-5(2)8(12)9-6(10)3-4-7(9)11/h6,10H,1,3-4H2,2H3. The van der Waals surface area contributed by atoms with Crippen LogP contribution in [-0.2, 0) is 9.59 Å². The average molecular weight is 169 g/mol. The summed E-state index contributed by atoms with van der Waals surface area (Å²) in [5.41, 5.74) is 0.268. The van der Waals surface area contributed by atoms with Gasteiger partial charge in [-0.2, -0.15) is 0 Å². The van der Waals surface area contributed by atoms with E-state index in [0.29, 0.717) is 6.42 Å². The molecule has 0 aromatic rings. The van der Waals surface area contributed by atoms with Gasteiger partial charge in [0, 0.05) is 18.4 Å². The first kappa shape index (κ1) is 8.93. The molecule has 4 nitrogen and oxygen atoms in total. The molecule has 0 aromatic heterocycles. The van der Waals surface area contributed by atoms with Crippen LogP contribution in [0.5, 0.6) is 0 Å². The molecule has 0 aliphatic carbocycles. The van der Waals surface area contributed by atoms with Crippen LogP contribution in [0, 0.1) is 0 Å². The van der Waals surface area contributed by atoms with Gasteiger partial charge in [0.25, 0.3) is 5.91 Å². The Balaban J connectivity index is 2.79. The topological polar surface area (TPSA) is 57.6 Å². The summed E-state index contributed by atoms with van der Waals surface area (Å²) in [6.07, 6.45) is -0.389. The number of amides is 2. The smallest absolute Gasteiger partial charge is 0.257 e. The summed E-state index contributed by atoms with van der Waals surface area (Å²) < 4.78 is 0. The Labute approximate surface area is 70.5 Å². The zero-order valence-corrected chi connectivity index (χ0v) is 6.91. The van der Waals surface area contributed by atoms with E-state index < -0.39 is 12.1 Å². The summed E-state index contributed by atoms with van der Waals surface area (Å²) in [7, 11) is 0. The van der Waals surface area contributed by atoms with E-state index in [4.69, 9.17) is 0 Å². The summed E-state index contributed by atoms with van der Waals surface area (Å²) in [5, 5.41) is 9.22. The third-order valence-electron chi connectivity index (χ3n) is 1.77. The lowest BCUT2D eigenvalue weighted by Gasteiger charge is -2.17. The number of imide groups is 1. The van der Waals surface area contributed by atoms with E-state index in [-0.39, 0.29) is 17.9 Å². The lowest BCUT2D eigenvalue weighted by molar-refractivity contribution is -0.147. The second-order valence-corrected chi connectivity index (χ2v) is 2.87. The minimum atomic E-state index is -0.957. The summed E-state index contributed by atoms with van der Waals surface area (Å²) >= 11 is 0. The Kier molecular flexibility index (Phi) is 2.28. The molecule has 1 aliphatic heterocycles. The van der Waals surface area contributed by atoms with Gasteiger partial charge in [0.1, 0.15) is 6.23 Å². The third kappa shape index (κ3) is 1.38. The summed E-state index contributed by atoms with van der Waals surface area (Å²) in [4.78, 5) is 23.1. The number of aliphatic hydroxyl groups excluding tert-OH is 1. The van der Waals surface area contributed by atoms with Crippen LogP contribution in [0.25, 0.3) is 0 Å². The SMILES string of the molecule is C=C(C)C(=O)N1C(=O)CCC1O. The van der Waals surface area contributed by atoms with Gasteiger partial charge in [0.2, 0.25) is 5.91 Å². The molecule has 0 spiro atoms. The summed E-state index contributed by atoms with van der Waals surface area (Å²) in [5.74, 6) is -0.805. The molecule has 0 saturated carbocycles. The third-order valence-corrected chi connectivity index (χ3v) is 1.77. The maximum atomic E-state index is 11.2. The molecular weight excluding hydrogens is 158 g/mol. The molecule has 0 bridgehead atoms. The predicted octanol–water partition coefficient (Wildman–Crippen LogP) is 0.0299. The second kappa shape index (κ2) is 3.06. The van der Waals surface area contributed by atoms with Gasteiger partial charge in [-0.25, -0.2) is 0 Å². The Morgan fingerprint density at radius 2 is 2.33 bits per heavy atom. The Morgan fingerprint density at radius 1 is 1.75 bits per heavy atom. The number of rotatable bonds is 1. The number of likely N-dealkylation sites (tertiary alicyclic amines) is 1. The van der Waals surface area contributed by atoms with Crippen molar-refractivity contribution in [3.63, 3.8) is 0 Å². The van der Waals surface area contributed by atoms with E-state index in [1.54, 1.807) is 0 Å². The first-order chi connectivity index (χ1) is 5.54. The maximum Gasteiger partial charge on any atom is 0.257 e. The number of nitrogens with zero attached hydrogens (tertiary/aromatic N) is 1. The van der Waals surface area contributed by atoms with Crippen molar-refractivity contribution in [3.8, 4) is 0 Å². The fourth-order valence-corrected chi connectivity index (χ4v) is 1.12. The van der Waals surface area contributed by atoms with Crippen molar-refractivity contribution in [2.45, 2.75) is 26.0 Å². The van der Waals surface area contributed by atoms with Crippen molar-refractivity contribution in [2.75, 3.05) is 0 Å². The fourth-order valence-electron chi connectivity index (χ4n) is 1.12. The highest BCUT2D eigenvalue weighted by Crippen LogP contribution is 2.18. The quantitative estimate of drug-likeness (QED) is 0.563. The molecule has 66 valence electrons. The molecule has 4 heteroatoms. The number of carbonyl (C=O) groups is 2. The normalized spacial score (nSPS) is 23.0. The highest BCUT2D eigenvalue weighted by atomic mass is 16.3. The molecule has 2 amide bonds. The van der Waals surface area contributed by atoms with Gasteiger partial charge >= 0.3 is 0 Å². The van der Waals surface area contributed by atoms with Crippen LogP contribution in [0.2, 0.25) is 0 Å². The predicted molar refractivity (Wildman–Crippen MR) is 41.9 cm³/mol. The van der Waals surface area contributed by atoms with Crippen LogP contribution in [0.4, 0.5) is 0 Å². The minimum absolute atomic E-state index is 0.236. The largest absolute Gasteiger partial charge is 0.373 e. The van der Waals surface area contributed by atoms with Crippen molar-refractivity contribution >= 4 is 11.8 Å². The lowest BCUT2D eigenvalue weighted by Crippen LogP contribution is -2.38. The zero-order chi connectivity index (χ0) is 9.30. The van der Waals surface area contributed by atoms with Crippen LogP contribution in [0.3, 0.4) is 0 Å². The van der Waals surface area contributed by atoms with Crippen LogP contribution < -0.4 is 0 Å². The monoisotopic (exact) mass is 169 g/mol. The Morgan fingerprint density at radius 3 is 2.67 bits per heavy atom. The second-order valence-electron chi connectivity index (χ2n) is 2.87. The number of aliphatic hydroxyl groups is 1. The van der Waals surface area contributed by atoms with E-state index in [1.807, 2.05) is 0 Å². The van der Waals surface area contributed by atoms with Gasteiger partial charge in [0.05, 0.1) is 0 Å². The molecule has 1 unspecified atom stereocenters. The molecule has 1 heterocycles. The van der Waals surface area contributed by atoms with Crippen LogP contribution in [0.1, 0.15) is 19.8 Å². The molecular formula is C8H11NO3. The van der Waals surface area contributed by atoms with Gasteiger partial charge < -0.3 is 5.11 Å². The van der Waals surface area contributed by atoms with Gasteiger partial charge in [-0.15, -0.1) is 0 Å². The van der Waals surface area contributed by atoms with E-state index in [1.165, 1.54) is 6.92 Å². The van der Waals surface area contributed by atoms with Gasteiger partial charge in [-0.1, -0.05) is 6.58 Å². The van der Waals surface area contributed by atoms with Crippen molar-refractivity contribution < 1.29 is 14.7 Å². The molecule has 0 radical (unpaired) electrons. The first-order valence-electron chi connectivity index (χ1n) is 3.74. The Bertz CT molecular complexity index is 247. The maximum absolute atomic E-state index is 11.2. The molecule has 0 aromatic carbocycles. The van der Waals surface area contributed by atoms with Crippen molar-refractivity contribution in [3.05, 3.63) is 12.2 Å². The fraction of sp³-hybridized carbons (Fsp3) is 0.500. The number of carbonyl (C=O) groups excluding carboxylic acids is 2. The Hall–Kier alpha value is -1.16. The molecule has 1 atom stereocenters. The highest BCUT2D eigenvalue weighted by Gasteiger charge is 2.34. The summed E-state index contributed by atoms with van der Waals surface area (Å²) in [6.45, 7) is 4.93. The average Bonchev–Trinajstić information content (AvgIpc) is 2.30. The lowest BCUT2D eigenvalue weighted by atomic mass is 10.3. The highest BCUT2D eigenvalue weighted by molar-refractivity contribution is 6.04. The molecule has 1 aliphatic rings. The van der Waals surface area contributed by atoms with Crippen LogP contribution >= 0.6 is 0 Å². The van der Waals surface area contributed by atoms with Gasteiger partial charge in [-0.05, 0) is 6.92 Å². The van der Waals surface area contributed by atoms with E-state index in [0.717, 1.165) is 4.90 Å². The van der Waals surface area contributed by atoms with Crippen LogP contribution in [-0.4, -0.2) is 28.0 Å².